The van der Waals surface area contributed by atoms with Crippen LogP contribution in [0.4, 0.5) is 5.69 Å². The minimum atomic E-state index is -3.55. The Hall–Kier alpha value is -1.44. The van der Waals surface area contributed by atoms with Crippen molar-refractivity contribution in [1.29, 1.82) is 0 Å². The molecule has 6 nitrogen and oxygen atoms in total. The number of carbonyl (C=O) groups excluding carboxylic acids is 1. The maximum absolute atomic E-state index is 12.8. The topological polar surface area (TPSA) is 75.7 Å². The van der Waals surface area contributed by atoms with Crippen LogP contribution in [-0.2, 0) is 19.6 Å². The van der Waals surface area contributed by atoms with Gasteiger partial charge in [-0.25, -0.2) is 8.42 Å². The van der Waals surface area contributed by atoms with E-state index in [0.717, 1.165) is 6.42 Å². The second-order valence-corrected chi connectivity index (χ2v) is 9.78. The molecule has 150 valence electrons. The van der Waals surface area contributed by atoms with E-state index < -0.39 is 10.0 Å². The highest BCUT2D eigenvalue weighted by Crippen LogP contribution is 2.28. The average molecular weight is 395 g/mol. The van der Waals surface area contributed by atoms with E-state index in [2.05, 4.69) is 5.32 Å². The summed E-state index contributed by atoms with van der Waals surface area (Å²) in [5.74, 6) is 0.676. The summed E-state index contributed by atoms with van der Waals surface area (Å²) in [7, 11) is -3.55. The van der Waals surface area contributed by atoms with Crippen molar-refractivity contribution in [2.75, 3.05) is 18.4 Å². The van der Waals surface area contributed by atoms with Gasteiger partial charge in [0.15, 0.2) is 0 Å². The van der Waals surface area contributed by atoms with Crippen LogP contribution in [0.25, 0.3) is 0 Å². The molecule has 0 unspecified atom stereocenters. The van der Waals surface area contributed by atoms with Crippen molar-refractivity contribution in [1.82, 2.24) is 4.31 Å². The molecule has 0 aromatic heterocycles. The van der Waals surface area contributed by atoms with Crippen LogP contribution in [0.3, 0.4) is 0 Å². The molecule has 1 aromatic rings. The number of ether oxygens (including phenoxy) is 1. The van der Waals surface area contributed by atoms with Gasteiger partial charge in [-0.05, 0) is 50.5 Å². The smallest absolute Gasteiger partial charge is 0.243 e. The first-order chi connectivity index (χ1) is 12.8. The van der Waals surface area contributed by atoms with E-state index in [1.165, 1.54) is 30.0 Å². The standard InChI is InChI=1S/C20H30N2O4S/c1-15-13-22(14-16(2)26-15)27(24,25)19-10-8-18(9-11-19)21-20(23)12-7-17-5-3-4-6-17/h8-11,15-17H,3-7,12-14H2,1-2H3,(H,21,23)/t15-,16-/m0/s1. The Morgan fingerprint density at radius 1 is 1.11 bits per heavy atom. The number of hydrogen-bond donors (Lipinski definition) is 1. The fourth-order valence-electron chi connectivity index (χ4n) is 4.04. The molecule has 7 heteroatoms. The van der Waals surface area contributed by atoms with Gasteiger partial charge in [0.25, 0.3) is 0 Å². The molecule has 2 aliphatic rings. The fourth-order valence-corrected chi connectivity index (χ4v) is 5.63. The maximum atomic E-state index is 12.8. The van der Waals surface area contributed by atoms with Crippen LogP contribution in [0.15, 0.2) is 29.2 Å². The number of anilines is 1. The summed E-state index contributed by atoms with van der Waals surface area (Å²) < 4.78 is 32.8. The van der Waals surface area contributed by atoms with Gasteiger partial charge in [-0.15, -0.1) is 0 Å². The normalized spacial score (nSPS) is 24.8. The Labute approximate surface area is 162 Å². The lowest BCUT2D eigenvalue weighted by Crippen LogP contribution is -2.48. The molecular weight excluding hydrogens is 364 g/mol. The quantitative estimate of drug-likeness (QED) is 0.802. The molecule has 3 rings (SSSR count). The third-order valence-electron chi connectivity index (χ3n) is 5.42. The summed E-state index contributed by atoms with van der Waals surface area (Å²) in [4.78, 5) is 12.4. The van der Waals surface area contributed by atoms with Crippen LogP contribution in [0.5, 0.6) is 0 Å². The molecule has 27 heavy (non-hydrogen) atoms. The van der Waals surface area contributed by atoms with Crippen molar-refractivity contribution in [3.8, 4) is 0 Å². The Morgan fingerprint density at radius 3 is 2.30 bits per heavy atom. The van der Waals surface area contributed by atoms with Gasteiger partial charge < -0.3 is 10.1 Å². The van der Waals surface area contributed by atoms with Crippen molar-refractivity contribution in [3.05, 3.63) is 24.3 Å². The van der Waals surface area contributed by atoms with Gasteiger partial charge in [-0.2, -0.15) is 4.31 Å². The lowest BCUT2D eigenvalue weighted by molar-refractivity contribution is -0.116. The van der Waals surface area contributed by atoms with Crippen molar-refractivity contribution in [3.63, 3.8) is 0 Å². The molecule has 0 radical (unpaired) electrons. The molecule has 0 spiro atoms. The van der Waals surface area contributed by atoms with E-state index in [1.807, 2.05) is 13.8 Å². The zero-order valence-corrected chi connectivity index (χ0v) is 17.0. The number of nitrogens with zero attached hydrogens (tertiary/aromatic N) is 1. The first kappa shape index (κ1) is 20.3. The molecule has 2 fully saturated rings. The molecule has 2 atom stereocenters. The Kier molecular flexibility index (Phi) is 6.55. The summed E-state index contributed by atoms with van der Waals surface area (Å²) in [6, 6.07) is 6.45. The van der Waals surface area contributed by atoms with Gasteiger partial charge in [-0.3, -0.25) is 4.79 Å². The van der Waals surface area contributed by atoms with Crippen LogP contribution < -0.4 is 5.32 Å². The van der Waals surface area contributed by atoms with Crippen molar-refractivity contribution in [2.24, 2.45) is 5.92 Å². The number of rotatable bonds is 6. The molecule has 0 bridgehead atoms. The number of nitrogens with one attached hydrogen (secondary N) is 1. The lowest BCUT2D eigenvalue weighted by atomic mass is 10.0. The number of carbonyl (C=O) groups is 1. The third kappa shape index (κ3) is 5.30. The van der Waals surface area contributed by atoms with E-state index >= 15 is 0 Å². The Bertz CT molecular complexity index is 732. The first-order valence-electron chi connectivity index (χ1n) is 9.90. The molecular formula is C20H30N2O4S. The SMILES string of the molecule is C[C@H]1CN(S(=O)(=O)c2ccc(NC(=O)CCC3CCCC3)cc2)C[C@H](C)O1. The highest BCUT2D eigenvalue weighted by molar-refractivity contribution is 7.89. The average Bonchev–Trinajstić information content (AvgIpc) is 3.13. The minimum Gasteiger partial charge on any atom is -0.373 e. The van der Waals surface area contributed by atoms with Crippen LogP contribution in [0.1, 0.15) is 52.4 Å². The minimum absolute atomic E-state index is 0.00617. The monoisotopic (exact) mass is 394 g/mol. The molecule has 1 aliphatic heterocycles. The highest BCUT2D eigenvalue weighted by Gasteiger charge is 2.32. The van der Waals surface area contributed by atoms with E-state index in [-0.39, 0.29) is 23.0 Å². The molecule has 1 saturated carbocycles. The van der Waals surface area contributed by atoms with Gasteiger partial charge in [0.1, 0.15) is 0 Å². The largest absolute Gasteiger partial charge is 0.373 e. The van der Waals surface area contributed by atoms with Gasteiger partial charge in [0.2, 0.25) is 15.9 Å². The van der Waals surface area contributed by atoms with Crippen LogP contribution in [-0.4, -0.2) is 43.9 Å². The Morgan fingerprint density at radius 2 is 1.70 bits per heavy atom. The number of amides is 1. The van der Waals surface area contributed by atoms with E-state index in [1.54, 1.807) is 24.3 Å². The number of sulfonamides is 1. The molecule has 1 aliphatic carbocycles. The van der Waals surface area contributed by atoms with E-state index in [4.69, 9.17) is 4.74 Å². The molecule has 1 aromatic carbocycles. The molecule has 1 N–H and O–H groups in total. The summed E-state index contributed by atoms with van der Waals surface area (Å²) in [6.45, 7) is 4.46. The molecule has 1 heterocycles. The predicted molar refractivity (Wildman–Crippen MR) is 105 cm³/mol. The second-order valence-electron chi connectivity index (χ2n) is 7.84. The second kappa shape index (κ2) is 8.71. The van der Waals surface area contributed by atoms with Gasteiger partial charge in [0, 0.05) is 25.2 Å². The van der Waals surface area contributed by atoms with Gasteiger partial charge in [-0.1, -0.05) is 25.7 Å². The van der Waals surface area contributed by atoms with Gasteiger partial charge in [0.05, 0.1) is 17.1 Å². The van der Waals surface area contributed by atoms with Crippen LogP contribution in [0, 0.1) is 5.92 Å². The summed E-state index contributed by atoms with van der Waals surface area (Å²) in [5, 5.41) is 2.87. The van der Waals surface area contributed by atoms with Gasteiger partial charge >= 0.3 is 0 Å². The highest BCUT2D eigenvalue weighted by atomic mass is 32.2. The number of morpholine rings is 1. The van der Waals surface area contributed by atoms with Crippen molar-refractivity contribution >= 4 is 21.6 Å². The lowest BCUT2D eigenvalue weighted by Gasteiger charge is -2.34. The maximum Gasteiger partial charge on any atom is 0.243 e. The van der Waals surface area contributed by atoms with E-state index in [0.29, 0.717) is 31.1 Å². The van der Waals surface area contributed by atoms with Crippen molar-refractivity contribution in [2.45, 2.75) is 69.5 Å². The number of benzene rings is 1. The van der Waals surface area contributed by atoms with Crippen molar-refractivity contribution < 1.29 is 17.9 Å². The fraction of sp³-hybridized carbons (Fsp3) is 0.650. The third-order valence-corrected chi connectivity index (χ3v) is 7.26. The number of hydrogen-bond acceptors (Lipinski definition) is 4. The zero-order valence-electron chi connectivity index (χ0n) is 16.2. The van der Waals surface area contributed by atoms with E-state index in [9.17, 15) is 13.2 Å². The first-order valence-corrected chi connectivity index (χ1v) is 11.3. The van der Waals surface area contributed by atoms with Crippen LogP contribution in [0.2, 0.25) is 0 Å². The van der Waals surface area contributed by atoms with Crippen LogP contribution >= 0.6 is 0 Å². The molecule has 1 amide bonds. The Balaban J connectivity index is 1.58. The summed E-state index contributed by atoms with van der Waals surface area (Å²) in [6.07, 6.45) is 6.24. The zero-order chi connectivity index (χ0) is 19.4. The summed E-state index contributed by atoms with van der Waals surface area (Å²) >= 11 is 0. The summed E-state index contributed by atoms with van der Waals surface area (Å²) in [5.41, 5.74) is 0.633. The predicted octanol–water partition coefficient (Wildman–Crippen LogP) is 3.39. The molecule has 1 saturated heterocycles.